The van der Waals surface area contributed by atoms with Crippen LogP contribution in [0.5, 0.6) is 0 Å². The molecule has 1 saturated heterocycles. The molecule has 22 heavy (non-hydrogen) atoms. The zero-order chi connectivity index (χ0) is 15.4. The van der Waals surface area contributed by atoms with Crippen molar-refractivity contribution in [1.82, 2.24) is 14.9 Å². The third-order valence-corrected chi connectivity index (χ3v) is 4.33. The molecule has 2 aromatic heterocycles. The second-order valence-corrected chi connectivity index (χ2v) is 5.77. The molecular weight excluding hydrogens is 302 g/mol. The first-order chi connectivity index (χ1) is 10.8. The highest BCUT2D eigenvalue weighted by Gasteiger charge is 2.24. The van der Waals surface area contributed by atoms with E-state index in [9.17, 15) is 4.79 Å². The van der Waals surface area contributed by atoms with Crippen LogP contribution in [0.25, 0.3) is 10.7 Å². The van der Waals surface area contributed by atoms with E-state index in [1.165, 1.54) is 11.3 Å². The first kappa shape index (κ1) is 15.1. The summed E-state index contributed by atoms with van der Waals surface area (Å²) in [5.74, 6) is 0.0446. The number of aromatic nitrogens is 2. The number of carbonyl (C=O) groups excluding carboxylic acids is 1. The summed E-state index contributed by atoms with van der Waals surface area (Å²) >= 11 is 1.50. The molecule has 116 valence electrons. The Bertz CT molecular complexity index is 632. The third kappa shape index (κ3) is 3.49. The Labute approximate surface area is 132 Å². The van der Waals surface area contributed by atoms with Crippen LogP contribution in [0.2, 0.25) is 0 Å². The highest BCUT2D eigenvalue weighted by molar-refractivity contribution is 7.13. The molecule has 0 radical (unpaired) electrons. The fourth-order valence-electron chi connectivity index (χ4n) is 2.25. The van der Waals surface area contributed by atoms with Crippen LogP contribution >= 0.6 is 11.3 Å². The number of thiazole rings is 1. The summed E-state index contributed by atoms with van der Waals surface area (Å²) in [6.07, 6.45) is 1.69. The molecule has 3 heterocycles. The lowest BCUT2D eigenvalue weighted by atomic mass is 10.2. The van der Waals surface area contributed by atoms with Crippen molar-refractivity contribution in [2.45, 2.75) is 12.7 Å². The van der Waals surface area contributed by atoms with Crippen molar-refractivity contribution in [1.29, 1.82) is 0 Å². The van der Waals surface area contributed by atoms with E-state index in [-0.39, 0.29) is 12.2 Å². The van der Waals surface area contributed by atoms with Gasteiger partial charge in [-0.15, -0.1) is 11.3 Å². The maximum atomic E-state index is 12.3. The van der Waals surface area contributed by atoms with E-state index in [2.05, 4.69) is 9.97 Å². The van der Waals surface area contributed by atoms with E-state index in [4.69, 9.17) is 9.47 Å². The lowest BCUT2D eigenvalue weighted by molar-refractivity contribution is -0.174. The van der Waals surface area contributed by atoms with Gasteiger partial charge in [0.1, 0.15) is 5.01 Å². The van der Waals surface area contributed by atoms with Gasteiger partial charge < -0.3 is 14.4 Å². The second-order valence-electron chi connectivity index (χ2n) is 4.91. The Kier molecular flexibility index (Phi) is 4.77. The molecule has 0 aromatic carbocycles. The van der Waals surface area contributed by atoms with Crippen LogP contribution in [-0.2, 0) is 20.7 Å². The zero-order valence-electron chi connectivity index (χ0n) is 12.3. The minimum Gasteiger partial charge on any atom is -0.354 e. The predicted molar refractivity (Wildman–Crippen MR) is 82.4 cm³/mol. The Balaban J connectivity index is 1.64. The van der Waals surface area contributed by atoms with Gasteiger partial charge in [0.15, 0.2) is 6.29 Å². The molecule has 1 unspecified atom stereocenters. The van der Waals surface area contributed by atoms with E-state index >= 15 is 0 Å². The van der Waals surface area contributed by atoms with Crippen molar-refractivity contribution in [2.75, 3.05) is 26.8 Å². The number of pyridine rings is 1. The SMILES string of the molecule is COC1CN(C(=O)Cc2csc(-c3ccccn3)n2)CCO1. The van der Waals surface area contributed by atoms with Gasteiger partial charge in [0.25, 0.3) is 0 Å². The summed E-state index contributed by atoms with van der Waals surface area (Å²) in [5, 5.41) is 2.75. The molecule has 0 spiro atoms. The van der Waals surface area contributed by atoms with Gasteiger partial charge in [-0.25, -0.2) is 4.98 Å². The van der Waals surface area contributed by atoms with E-state index in [1.807, 2.05) is 23.6 Å². The molecular formula is C15H17N3O3S. The topological polar surface area (TPSA) is 64.5 Å². The molecule has 1 aliphatic rings. The minimum atomic E-state index is -0.336. The predicted octanol–water partition coefficient (Wildman–Crippen LogP) is 1.58. The number of amides is 1. The van der Waals surface area contributed by atoms with Gasteiger partial charge in [-0.3, -0.25) is 9.78 Å². The monoisotopic (exact) mass is 319 g/mol. The van der Waals surface area contributed by atoms with Crippen molar-refractivity contribution in [3.63, 3.8) is 0 Å². The van der Waals surface area contributed by atoms with Crippen LogP contribution in [0, 0.1) is 0 Å². The lowest BCUT2D eigenvalue weighted by Gasteiger charge is -2.31. The maximum absolute atomic E-state index is 12.3. The van der Waals surface area contributed by atoms with Crippen LogP contribution in [-0.4, -0.2) is 53.9 Å². The Hall–Kier alpha value is -1.83. The highest BCUT2D eigenvalue weighted by Crippen LogP contribution is 2.22. The normalized spacial score (nSPS) is 18.4. The van der Waals surface area contributed by atoms with E-state index in [1.54, 1.807) is 18.2 Å². The van der Waals surface area contributed by atoms with Crippen molar-refractivity contribution in [3.8, 4) is 10.7 Å². The smallest absolute Gasteiger partial charge is 0.228 e. The standard InChI is InChI=1S/C15H17N3O3S/c1-20-14-9-18(6-7-21-14)13(19)8-11-10-22-15(17-11)12-4-2-3-5-16-12/h2-5,10,14H,6-9H2,1H3. The number of ether oxygens (including phenoxy) is 2. The summed E-state index contributed by atoms with van der Waals surface area (Å²) in [6, 6.07) is 5.70. The lowest BCUT2D eigenvalue weighted by Crippen LogP contribution is -2.46. The quantitative estimate of drug-likeness (QED) is 0.856. The van der Waals surface area contributed by atoms with Crippen molar-refractivity contribution < 1.29 is 14.3 Å². The number of carbonyl (C=O) groups is 1. The van der Waals surface area contributed by atoms with Crippen molar-refractivity contribution in [3.05, 3.63) is 35.5 Å². The number of morpholine rings is 1. The molecule has 1 fully saturated rings. The average Bonchev–Trinajstić information content (AvgIpc) is 3.04. The molecule has 7 heteroatoms. The Morgan fingerprint density at radius 3 is 3.23 bits per heavy atom. The molecule has 0 saturated carbocycles. The zero-order valence-corrected chi connectivity index (χ0v) is 13.1. The Morgan fingerprint density at radius 2 is 2.45 bits per heavy atom. The maximum Gasteiger partial charge on any atom is 0.228 e. The van der Waals surface area contributed by atoms with E-state index in [0.29, 0.717) is 26.1 Å². The fraction of sp³-hybridized carbons (Fsp3) is 0.400. The first-order valence-corrected chi connectivity index (χ1v) is 7.92. The van der Waals surface area contributed by atoms with Crippen molar-refractivity contribution >= 4 is 17.2 Å². The fourth-order valence-corrected chi connectivity index (χ4v) is 3.04. The molecule has 0 aliphatic carbocycles. The number of hydrogen-bond donors (Lipinski definition) is 0. The number of hydrogen-bond acceptors (Lipinski definition) is 6. The average molecular weight is 319 g/mol. The van der Waals surface area contributed by atoms with Gasteiger partial charge in [-0.1, -0.05) is 6.07 Å². The van der Waals surface area contributed by atoms with Gasteiger partial charge >= 0.3 is 0 Å². The molecule has 1 atom stereocenters. The van der Waals surface area contributed by atoms with Crippen LogP contribution in [0.15, 0.2) is 29.8 Å². The van der Waals surface area contributed by atoms with Crippen LogP contribution in [0.4, 0.5) is 0 Å². The van der Waals surface area contributed by atoms with Gasteiger partial charge in [0, 0.05) is 25.2 Å². The third-order valence-electron chi connectivity index (χ3n) is 3.42. The van der Waals surface area contributed by atoms with E-state index in [0.717, 1.165) is 16.4 Å². The molecule has 3 rings (SSSR count). The summed E-state index contributed by atoms with van der Waals surface area (Å²) in [4.78, 5) is 22.9. The molecule has 6 nitrogen and oxygen atoms in total. The molecule has 0 N–H and O–H groups in total. The Morgan fingerprint density at radius 1 is 1.55 bits per heavy atom. The van der Waals surface area contributed by atoms with Crippen molar-refractivity contribution in [2.24, 2.45) is 0 Å². The second kappa shape index (κ2) is 6.95. The van der Waals surface area contributed by atoms with E-state index < -0.39 is 0 Å². The summed E-state index contributed by atoms with van der Waals surface area (Å²) in [5.41, 5.74) is 1.60. The number of nitrogens with zero attached hydrogens (tertiary/aromatic N) is 3. The molecule has 1 aliphatic heterocycles. The van der Waals surface area contributed by atoms with Crippen LogP contribution in [0.1, 0.15) is 5.69 Å². The van der Waals surface area contributed by atoms with Crippen LogP contribution in [0.3, 0.4) is 0 Å². The summed E-state index contributed by atoms with van der Waals surface area (Å²) in [6.45, 7) is 1.56. The largest absolute Gasteiger partial charge is 0.354 e. The van der Waals surface area contributed by atoms with Gasteiger partial charge in [0.2, 0.25) is 5.91 Å². The van der Waals surface area contributed by atoms with Crippen LogP contribution < -0.4 is 0 Å². The summed E-state index contributed by atoms with van der Waals surface area (Å²) < 4.78 is 10.5. The number of methoxy groups -OCH3 is 1. The minimum absolute atomic E-state index is 0.0446. The molecule has 2 aromatic rings. The summed E-state index contributed by atoms with van der Waals surface area (Å²) in [7, 11) is 1.58. The highest BCUT2D eigenvalue weighted by atomic mass is 32.1. The van der Waals surface area contributed by atoms with Gasteiger partial charge in [-0.2, -0.15) is 0 Å². The first-order valence-electron chi connectivity index (χ1n) is 7.04. The molecule has 0 bridgehead atoms. The molecule has 1 amide bonds. The van der Waals surface area contributed by atoms with Gasteiger partial charge in [-0.05, 0) is 12.1 Å². The number of rotatable bonds is 4. The van der Waals surface area contributed by atoms with Gasteiger partial charge in [0.05, 0.1) is 31.0 Å².